The van der Waals surface area contributed by atoms with E-state index in [0.717, 1.165) is 55.5 Å². The molecule has 0 N–H and O–H groups in total. The largest absolute Gasteiger partial charge is 1.00 e. The standard InChI is InChI=1S/C34H33Cl2F6N2O.ClH/c35-28-7-6-25(19-29(28)36)32(11-15-44-12-8-31(9-13-44,10-14-44)24-4-2-1-3-5-24)20-30(45)43(22-32)21-23-16-26(33(37,38)39)18-27(17-23)34(40,41)42;/h1-7,16-19H,8-15,20-22H2;1H/q+1;/p-1. The maximum absolute atomic E-state index is 13.5. The Morgan fingerprint density at radius 3 is 1.89 bits per heavy atom. The van der Waals surface area contributed by atoms with Gasteiger partial charge in [-0.15, -0.1) is 0 Å². The number of hydrogen-bond acceptors (Lipinski definition) is 1. The molecule has 46 heavy (non-hydrogen) atoms. The maximum atomic E-state index is 13.5. The molecule has 3 nitrogen and oxygen atoms in total. The molecule has 7 rings (SSSR count). The molecule has 4 fully saturated rings. The van der Waals surface area contributed by atoms with Crippen LogP contribution in [0.3, 0.4) is 0 Å². The number of likely N-dealkylation sites (tertiary alicyclic amines) is 1. The summed E-state index contributed by atoms with van der Waals surface area (Å²) in [5, 5.41) is 0.675. The van der Waals surface area contributed by atoms with Crippen LogP contribution >= 0.6 is 23.2 Å². The third kappa shape index (κ3) is 6.75. The molecule has 3 aromatic carbocycles. The lowest BCUT2D eigenvalue weighted by Crippen LogP contribution is -3.00. The van der Waals surface area contributed by atoms with Gasteiger partial charge in [0, 0.05) is 56.0 Å². The van der Waals surface area contributed by atoms with Crippen molar-refractivity contribution in [2.24, 2.45) is 0 Å². The zero-order valence-corrected chi connectivity index (χ0v) is 27.1. The van der Waals surface area contributed by atoms with E-state index in [4.69, 9.17) is 23.2 Å². The normalized spacial score (nSPS) is 26.3. The van der Waals surface area contributed by atoms with Gasteiger partial charge in [-0.05, 0) is 47.0 Å². The van der Waals surface area contributed by atoms with Crippen molar-refractivity contribution in [3.05, 3.63) is 105 Å². The number of benzene rings is 3. The molecule has 4 aliphatic heterocycles. The number of rotatable bonds is 7. The number of alkyl halides is 6. The first-order chi connectivity index (χ1) is 21.1. The van der Waals surface area contributed by atoms with E-state index in [1.54, 1.807) is 12.1 Å². The van der Waals surface area contributed by atoms with Gasteiger partial charge in [0.2, 0.25) is 5.91 Å². The van der Waals surface area contributed by atoms with Crippen molar-refractivity contribution in [1.29, 1.82) is 0 Å². The molecule has 4 saturated heterocycles. The summed E-state index contributed by atoms with van der Waals surface area (Å²) in [6.45, 7) is 3.61. The topological polar surface area (TPSA) is 20.3 Å². The Kier molecular flexibility index (Phi) is 9.50. The molecule has 12 heteroatoms. The first-order valence-corrected chi connectivity index (χ1v) is 15.8. The summed E-state index contributed by atoms with van der Waals surface area (Å²) in [5.74, 6) is -0.326. The Bertz CT molecular complexity index is 1540. The second-order valence-electron chi connectivity index (χ2n) is 13.1. The third-order valence-electron chi connectivity index (χ3n) is 10.5. The van der Waals surface area contributed by atoms with Crippen LogP contribution in [0.4, 0.5) is 26.3 Å². The van der Waals surface area contributed by atoms with E-state index >= 15 is 0 Å². The van der Waals surface area contributed by atoms with Gasteiger partial charge in [-0.1, -0.05) is 59.6 Å². The molecule has 0 spiro atoms. The molecule has 0 radical (unpaired) electrons. The zero-order valence-electron chi connectivity index (χ0n) is 24.8. The number of hydrogen-bond donors (Lipinski definition) is 0. The minimum Gasteiger partial charge on any atom is -1.00 e. The lowest BCUT2D eigenvalue weighted by Gasteiger charge is -2.55. The Morgan fingerprint density at radius 2 is 1.35 bits per heavy atom. The molecule has 4 aliphatic rings. The summed E-state index contributed by atoms with van der Waals surface area (Å²) in [4.78, 5) is 14.9. The van der Waals surface area contributed by atoms with Crippen molar-refractivity contribution in [1.82, 2.24) is 4.90 Å². The fourth-order valence-corrected chi connectivity index (χ4v) is 8.09. The summed E-state index contributed by atoms with van der Waals surface area (Å²) in [7, 11) is 0. The Hall–Kier alpha value is -2.46. The van der Waals surface area contributed by atoms with Gasteiger partial charge in [-0.2, -0.15) is 26.3 Å². The number of carbonyl (C=O) groups is 1. The fraction of sp³-hybridized carbons (Fsp3) is 0.441. The number of halogens is 9. The Morgan fingerprint density at radius 1 is 0.761 bits per heavy atom. The fourth-order valence-electron chi connectivity index (χ4n) is 7.79. The molecule has 0 saturated carbocycles. The summed E-state index contributed by atoms with van der Waals surface area (Å²) in [6.07, 6.45) is -6.04. The first kappa shape index (κ1) is 34.9. The molecule has 1 atom stereocenters. The zero-order chi connectivity index (χ0) is 32.3. The van der Waals surface area contributed by atoms with Gasteiger partial charge in [-0.3, -0.25) is 4.79 Å². The van der Waals surface area contributed by atoms with E-state index in [1.165, 1.54) is 10.5 Å². The number of nitrogens with zero attached hydrogens (tertiary/aromatic N) is 2. The van der Waals surface area contributed by atoms with Gasteiger partial charge in [0.1, 0.15) is 0 Å². The van der Waals surface area contributed by atoms with Crippen molar-refractivity contribution in [2.45, 2.75) is 61.8 Å². The van der Waals surface area contributed by atoms with Gasteiger partial charge < -0.3 is 21.8 Å². The Balaban J connectivity index is 0.00000417. The number of piperidine rings is 3. The molecule has 1 amide bonds. The van der Waals surface area contributed by atoms with Crippen LogP contribution in [-0.4, -0.2) is 48.0 Å². The van der Waals surface area contributed by atoms with E-state index in [9.17, 15) is 31.1 Å². The van der Waals surface area contributed by atoms with Gasteiger partial charge in [0.15, 0.2) is 0 Å². The SMILES string of the molecule is O=C1CC(CC[N+]23CCC(c4ccccc4)(CC2)CC3)(c2ccc(Cl)c(Cl)c2)CN1Cc1cc(C(F)(F)F)cc(C(F)(F)F)c1.[Cl-]. The lowest BCUT2D eigenvalue weighted by molar-refractivity contribution is -0.944. The van der Waals surface area contributed by atoms with E-state index < -0.39 is 28.9 Å². The van der Waals surface area contributed by atoms with Crippen molar-refractivity contribution in [3.8, 4) is 0 Å². The molecule has 1 unspecified atom stereocenters. The summed E-state index contributed by atoms with van der Waals surface area (Å²) in [5.41, 5.74) is -1.38. The highest BCUT2D eigenvalue weighted by Gasteiger charge is 2.52. The molecule has 2 bridgehead atoms. The molecular weight excluding hydrogens is 673 g/mol. The molecule has 3 aromatic rings. The number of amides is 1. The maximum Gasteiger partial charge on any atom is 0.416 e. The minimum absolute atomic E-state index is 0. The lowest BCUT2D eigenvalue weighted by atomic mass is 9.66. The molecular formula is C34H33Cl3F6N2O. The average Bonchev–Trinajstić information content (AvgIpc) is 3.33. The van der Waals surface area contributed by atoms with Crippen molar-refractivity contribution < 1.29 is 48.0 Å². The number of fused-ring (bicyclic) bond motifs is 3. The summed E-state index contributed by atoms with van der Waals surface area (Å²) < 4.78 is 82.2. The average molecular weight is 706 g/mol. The van der Waals surface area contributed by atoms with Crippen LogP contribution in [0.25, 0.3) is 0 Å². The van der Waals surface area contributed by atoms with Gasteiger partial charge in [-0.25, -0.2) is 0 Å². The monoisotopic (exact) mass is 704 g/mol. The first-order valence-electron chi connectivity index (χ1n) is 15.0. The molecule has 0 aromatic heterocycles. The van der Waals surface area contributed by atoms with E-state index in [2.05, 4.69) is 24.3 Å². The van der Waals surface area contributed by atoms with Crippen LogP contribution in [0.1, 0.15) is 59.9 Å². The van der Waals surface area contributed by atoms with Crippen LogP contribution in [-0.2, 0) is 34.5 Å². The van der Waals surface area contributed by atoms with Crippen LogP contribution in [0, 0.1) is 0 Å². The highest BCUT2D eigenvalue weighted by atomic mass is 35.5. The third-order valence-corrected chi connectivity index (χ3v) is 11.3. The van der Waals surface area contributed by atoms with Crippen LogP contribution in [0.15, 0.2) is 66.7 Å². The highest BCUT2D eigenvalue weighted by molar-refractivity contribution is 6.42. The summed E-state index contributed by atoms with van der Waals surface area (Å²) >= 11 is 12.6. The van der Waals surface area contributed by atoms with E-state index in [-0.39, 0.29) is 54.9 Å². The van der Waals surface area contributed by atoms with Crippen molar-refractivity contribution in [2.75, 3.05) is 32.7 Å². The van der Waals surface area contributed by atoms with Gasteiger partial charge in [0.25, 0.3) is 0 Å². The predicted molar refractivity (Wildman–Crippen MR) is 161 cm³/mol. The summed E-state index contributed by atoms with van der Waals surface area (Å²) in [6, 6.07) is 17.3. The van der Waals surface area contributed by atoms with Crippen LogP contribution in [0.2, 0.25) is 10.0 Å². The second-order valence-corrected chi connectivity index (χ2v) is 13.9. The molecule has 0 aliphatic carbocycles. The number of carbonyl (C=O) groups excluding carboxylic acids is 1. The number of quaternary nitrogens is 1. The Labute approximate surface area is 280 Å². The molecule has 248 valence electrons. The quantitative estimate of drug-likeness (QED) is 0.217. The van der Waals surface area contributed by atoms with Gasteiger partial charge >= 0.3 is 12.4 Å². The molecule has 4 heterocycles. The van der Waals surface area contributed by atoms with Gasteiger partial charge in [0.05, 0.1) is 47.4 Å². The van der Waals surface area contributed by atoms with Crippen molar-refractivity contribution >= 4 is 29.1 Å². The van der Waals surface area contributed by atoms with Crippen LogP contribution in [0.5, 0.6) is 0 Å². The predicted octanol–water partition coefficient (Wildman–Crippen LogP) is 6.05. The second kappa shape index (κ2) is 12.5. The van der Waals surface area contributed by atoms with Crippen molar-refractivity contribution in [3.63, 3.8) is 0 Å². The minimum atomic E-state index is -4.97. The van der Waals surface area contributed by atoms with Crippen LogP contribution < -0.4 is 12.4 Å². The van der Waals surface area contributed by atoms with E-state index in [0.29, 0.717) is 28.6 Å². The highest BCUT2D eigenvalue weighted by Crippen LogP contribution is 2.48. The smallest absolute Gasteiger partial charge is 0.416 e. The van der Waals surface area contributed by atoms with E-state index in [1.807, 2.05) is 12.1 Å².